The number of carbonyl (C=O) groups excluding carboxylic acids is 2. The number of ether oxygens (including phenoxy) is 3. The van der Waals surface area contributed by atoms with Gasteiger partial charge in [0.2, 0.25) is 6.79 Å². The van der Waals surface area contributed by atoms with Crippen molar-refractivity contribution in [3.8, 4) is 11.5 Å². The highest BCUT2D eigenvalue weighted by atomic mass is 32.1. The summed E-state index contributed by atoms with van der Waals surface area (Å²) in [5, 5.41) is 4.58. The van der Waals surface area contributed by atoms with Crippen molar-refractivity contribution in [2.75, 3.05) is 12.1 Å². The van der Waals surface area contributed by atoms with Crippen molar-refractivity contribution in [1.29, 1.82) is 0 Å². The lowest BCUT2D eigenvalue weighted by Crippen LogP contribution is -2.29. The van der Waals surface area contributed by atoms with E-state index in [4.69, 9.17) is 14.2 Å². The predicted molar refractivity (Wildman–Crippen MR) is 90.1 cm³/mol. The van der Waals surface area contributed by atoms with Gasteiger partial charge in [-0.3, -0.25) is 4.79 Å². The van der Waals surface area contributed by atoms with Crippen LogP contribution in [0.1, 0.15) is 11.8 Å². The van der Waals surface area contributed by atoms with E-state index in [2.05, 4.69) is 5.32 Å². The number of rotatable bonds is 5. The molecule has 124 valence electrons. The Labute approximate surface area is 142 Å². The van der Waals surface area contributed by atoms with E-state index in [9.17, 15) is 9.59 Å². The molecule has 6 nitrogen and oxygen atoms in total. The normalized spacial score (nSPS) is 13.7. The number of thiophene rings is 1. The molecule has 2 heterocycles. The number of fused-ring (bicyclic) bond motifs is 1. The number of anilines is 1. The molecule has 1 N–H and O–H groups in total. The monoisotopic (exact) mass is 345 g/mol. The van der Waals surface area contributed by atoms with Gasteiger partial charge in [0.05, 0.1) is 0 Å². The molecule has 3 rings (SSSR count). The number of hydrogen-bond acceptors (Lipinski definition) is 6. The molecule has 1 aliphatic heterocycles. The second-order valence-electron chi connectivity index (χ2n) is 4.99. The minimum atomic E-state index is -0.920. The summed E-state index contributed by atoms with van der Waals surface area (Å²) >= 11 is 1.51. The Morgan fingerprint density at radius 2 is 2.12 bits per heavy atom. The first-order valence-electron chi connectivity index (χ1n) is 7.24. The van der Waals surface area contributed by atoms with Crippen LogP contribution in [0.25, 0.3) is 6.08 Å². The van der Waals surface area contributed by atoms with Crippen LogP contribution < -0.4 is 14.8 Å². The Balaban J connectivity index is 1.53. The lowest BCUT2D eigenvalue weighted by atomic mass is 10.2. The van der Waals surface area contributed by atoms with E-state index in [0.717, 1.165) is 4.88 Å². The highest BCUT2D eigenvalue weighted by Crippen LogP contribution is 2.34. The van der Waals surface area contributed by atoms with Gasteiger partial charge >= 0.3 is 5.97 Å². The van der Waals surface area contributed by atoms with Crippen LogP contribution in [0.2, 0.25) is 0 Å². The van der Waals surface area contributed by atoms with Gasteiger partial charge in [0, 0.05) is 22.7 Å². The third-order valence-corrected chi connectivity index (χ3v) is 4.07. The largest absolute Gasteiger partial charge is 0.454 e. The Kier molecular flexibility index (Phi) is 4.81. The molecule has 1 aliphatic rings. The van der Waals surface area contributed by atoms with Crippen molar-refractivity contribution in [3.05, 3.63) is 46.7 Å². The fraction of sp³-hybridized carbons (Fsp3) is 0.176. The summed E-state index contributed by atoms with van der Waals surface area (Å²) in [7, 11) is 0. The van der Waals surface area contributed by atoms with Gasteiger partial charge < -0.3 is 19.5 Å². The zero-order valence-electron chi connectivity index (χ0n) is 12.9. The zero-order chi connectivity index (χ0) is 16.9. The molecule has 1 aromatic heterocycles. The average molecular weight is 345 g/mol. The van der Waals surface area contributed by atoms with Crippen LogP contribution in [0.4, 0.5) is 5.69 Å². The lowest BCUT2D eigenvalue weighted by Gasteiger charge is -2.12. The summed E-state index contributed by atoms with van der Waals surface area (Å²) in [6.07, 6.45) is 2.03. The second kappa shape index (κ2) is 7.18. The van der Waals surface area contributed by atoms with Gasteiger partial charge in [-0.15, -0.1) is 11.3 Å². The van der Waals surface area contributed by atoms with E-state index in [1.807, 2.05) is 17.5 Å². The van der Waals surface area contributed by atoms with Crippen molar-refractivity contribution in [1.82, 2.24) is 0 Å². The van der Waals surface area contributed by atoms with Crippen molar-refractivity contribution < 1.29 is 23.8 Å². The Hall–Kier alpha value is -2.80. The minimum Gasteiger partial charge on any atom is -0.454 e. The third-order valence-electron chi connectivity index (χ3n) is 3.23. The van der Waals surface area contributed by atoms with Crippen LogP contribution in [-0.2, 0) is 14.3 Å². The summed E-state index contributed by atoms with van der Waals surface area (Å²) in [5.74, 6) is 0.200. The number of carbonyl (C=O) groups is 2. The molecule has 1 atom stereocenters. The van der Waals surface area contributed by atoms with E-state index in [0.29, 0.717) is 17.2 Å². The molecular formula is C17H15NO5S. The van der Waals surface area contributed by atoms with E-state index < -0.39 is 18.0 Å². The third kappa shape index (κ3) is 3.94. The summed E-state index contributed by atoms with van der Waals surface area (Å²) in [4.78, 5) is 24.8. The highest BCUT2D eigenvalue weighted by Gasteiger charge is 2.19. The maximum atomic E-state index is 12.1. The summed E-state index contributed by atoms with van der Waals surface area (Å²) in [5.41, 5.74) is 0.543. The van der Waals surface area contributed by atoms with Crippen LogP contribution >= 0.6 is 11.3 Å². The number of nitrogens with one attached hydrogen (secondary N) is 1. The summed E-state index contributed by atoms with van der Waals surface area (Å²) in [6, 6.07) is 8.82. The Morgan fingerprint density at radius 1 is 1.29 bits per heavy atom. The smallest absolute Gasteiger partial charge is 0.331 e. The molecule has 0 bridgehead atoms. The first-order chi connectivity index (χ1) is 11.6. The van der Waals surface area contributed by atoms with Crippen molar-refractivity contribution >= 4 is 35.0 Å². The van der Waals surface area contributed by atoms with Gasteiger partial charge in [0.15, 0.2) is 17.6 Å². The molecule has 0 saturated heterocycles. The quantitative estimate of drug-likeness (QED) is 0.666. The van der Waals surface area contributed by atoms with Crippen molar-refractivity contribution in [2.24, 2.45) is 0 Å². The molecule has 0 radical (unpaired) electrons. The fourth-order valence-corrected chi connectivity index (χ4v) is 2.64. The molecule has 0 saturated carbocycles. The first-order valence-corrected chi connectivity index (χ1v) is 8.12. The van der Waals surface area contributed by atoms with E-state index in [-0.39, 0.29) is 6.79 Å². The van der Waals surface area contributed by atoms with Gasteiger partial charge in [-0.1, -0.05) is 6.07 Å². The molecule has 7 heteroatoms. The van der Waals surface area contributed by atoms with Gasteiger partial charge in [-0.2, -0.15) is 0 Å². The number of amides is 1. The maximum absolute atomic E-state index is 12.1. The predicted octanol–water partition coefficient (Wildman–Crippen LogP) is 3.06. The van der Waals surface area contributed by atoms with Gasteiger partial charge in [-0.05, 0) is 36.6 Å². The van der Waals surface area contributed by atoms with E-state index in [1.54, 1.807) is 24.3 Å². The van der Waals surface area contributed by atoms with Crippen molar-refractivity contribution in [2.45, 2.75) is 13.0 Å². The van der Waals surface area contributed by atoms with Crippen LogP contribution in [0.15, 0.2) is 41.8 Å². The Bertz CT molecular complexity index is 769. The molecule has 0 fully saturated rings. The van der Waals surface area contributed by atoms with Crippen LogP contribution in [-0.4, -0.2) is 24.8 Å². The topological polar surface area (TPSA) is 73.9 Å². The molecule has 2 aromatic rings. The molecule has 1 unspecified atom stereocenters. The van der Waals surface area contributed by atoms with Crippen LogP contribution in [0, 0.1) is 0 Å². The van der Waals surface area contributed by atoms with Crippen molar-refractivity contribution in [3.63, 3.8) is 0 Å². The summed E-state index contributed by atoms with van der Waals surface area (Å²) < 4.78 is 15.5. The molecule has 0 spiro atoms. The zero-order valence-corrected chi connectivity index (χ0v) is 13.7. The molecule has 1 amide bonds. The first kappa shape index (κ1) is 16.1. The molecule has 1 aromatic carbocycles. The molecular weight excluding hydrogens is 330 g/mol. The Morgan fingerprint density at radius 3 is 2.92 bits per heavy atom. The summed E-state index contributed by atoms with van der Waals surface area (Å²) in [6.45, 7) is 1.68. The van der Waals surface area contributed by atoms with E-state index in [1.165, 1.54) is 24.3 Å². The molecule has 0 aliphatic carbocycles. The standard InChI is InChI=1S/C17H15NO5S/c1-11(23-16(19)7-5-13-3-2-8-24-13)17(20)18-12-4-6-14-15(9-12)22-10-21-14/h2-9,11H,10H2,1H3,(H,18,20). The van der Waals surface area contributed by atoms with Gasteiger partial charge in [0.1, 0.15) is 0 Å². The number of hydrogen-bond donors (Lipinski definition) is 1. The maximum Gasteiger partial charge on any atom is 0.331 e. The second-order valence-corrected chi connectivity index (χ2v) is 5.96. The van der Waals surface area contributed by atoms with Crippen LogP contribution in [0.5, 0.6) is 11.5 Å². The average Bonchev–Trinajstić information content (AvgIpc) is 3.23. The van der Waals surface area contributed by atoms with Gasteiger partial charge in [-0.25, -0.2) is 4.79 Å². The lowest BCUT2D eigenvalue weighted by molar-refractivity contribution is -0.148. The SMILES string of the molecule is CC(OC(=O)C=Cc1cccs1)C(=O)Nc1ccc2c(c1)OCO2. The van der Waals surface area contributed by atoms with E-state index >= 15 is 0 Å². The number of esters is 1. The van der Waals surface area contributed by atoms with Crippen LogP contribution in [0.3, 0.4) is 0 Å². The molecule has 24 heavy (non-hydrogen) atoms. The number of benzene rings is 1. The fourth-order valence-electron chi connectivity index (χ4n) is 2.02. The van der Waals surface area contributed by atoms with Gasteiger partial charge in [0.25, 0.3) is 5.91 Å². The highest BCUT2D eigenvalue weighted by molar-refractivity contribution is 7.10. The minimum absolute atomic E-state index is 0.164.